The molecule has 2 atom stereocenters. The lowest BCUT2D eigenvalue weighted by atomic mass is 9.67. The lowest BCUT2D eigenvalue weighted by Crippen LogP contribution is -2.67. The van der Waals surface area contributed by atoms with Gasteiger partial charge in [-0.2, -0.15) is 10.1 Å². The molecular weight excluding hydrogens is 495 g/mol. The number of fused-ring (bicyclic) bond motifs is 4. The van der Waals surface area contributed by atoms with Gasteiger partial charge in [0.05, 0.1) is 24.6 Å². The molecule has 0 saturated carbocycles. The van der Waals surface area contributed by atoms with E-state index in [2.05, 4.69) is 28.0 Å². The molecule has 0 bridgehead atoms. The van der Waals surface area contributed by atoms with E-state index in [9.17, 15) is 4.79 Å². The maximum atomic E-state index is 14.3. The van der Waals surface area contributed by atoms with Crippen LogP contribution in [-0.4, -0.2) is 44.4 Å². The molecule has 6 nitrogen and oxygen atoms in total. The topological polar surface area (TPSA) is 48.4 Å². The first-order chi connectivity index (χ1) is 17.4. The van der Waals surface area contributed by atoms with E-state index in [-0.39, 0.29) is 11.9 Å². The molecule has 184 valence electrons. The summed E-state index contributed by atoms with van der Waals surface area (Å²) in [7, 11) is 1.67. The molecule has 0 N–H and O–H groups in total. The molecule has 6 rings (SSSR count). The van der Waals surface area contributed by atoms with Gasteiger partial charge in [-0.3, -0.25) is 4.79 Å². The number of hydrogen-bond donors (Lipinski definition) is 0. The molecular formula is C28H26Cl2N4O2. The van der Waals surface area contributed by atoms with Gasteiger partial charge < -0.3 is 14.5 Å². The third-order valence-electron chi connectivity index (χ3n) is 7.75. The standard InChI is InChI=1S/C28H26Cl2N4O2/c1-18-28(27(35)34(31-18)23-7-5-20(29)6-8-23)16-19-3-4-21(30)15-25(19)33-14-13-32(17-26(28)33)22-9-11-24(36-2)12-10-22/h3-12,15,26H,13-14,16-17H2,1-2H3/t26-,28+/m0/s1. The molecule has 1 amide bonds. The van der Waals surface area contributed by atoms with Gasteiger partial charge in [0.25, 0.3) is 5.91 Å². The molecule has 3 aliphatic heterocycles. The highest BCUT2D eigenvalue weighted by Gasteiger charge is 2.60. The van der Waals surface area contributed by atoms with Crippen LogP contribution in [0.4, 0.5) is 17.1 Å². The zero-order chi connectivity index (χ0) is 25.0. The monoisotopic (exact) mass is 520 g/mol. The predicted molar refractivity (Wildman–Crippen MR) is 146 cm³/mol. The van der Waals surface area contributed by atoms with Gasteiger partial charge in [-0.05, 0) is 79.6 Å². The van der Waals surface area contributed by atoms with E-state index in [4.69, 9.17) is 33.0 Å². The number of anilines is 3. The number of hydrogen-bond acceptors (Lipinski definition) is 5. The molecule has 0 unspecified atom stereocenters. The summed E-state index contributed by atoms with van der Waals surface area (Å²) in [5, 5.41) is 7.69. The SMILES string of the molecule is COc1ccc(N2CCN3c4cc(Cl)ccc4C[C@]4(C(=O)N(c5ccc(Cl)cc5)N=C4C)[C@@H]3C2)cc1. The number of nitrogens with zero attached hydrogens (tertiary/aromatic N) is 4. The second kappa shape index (κ2) is 8.71. The molecule has 3 aliphatic rings. The number of rotatable bonds is 3. The van der Waals surface area contributed by atoms with E-state index in [1.165, 1.54) is 0 Å². The zero-order valence-corrected chi connectivity index (χ0v) is 21.6. The fourth-order valence-corrected chi connectivity index (χ4v) is 6.16. The average Bonchev–Trinajstić information content (AvgIpc) is 3.15. The van der Waals surface area contributed by atoms with E-state index in [1.807, 2.05) is 43.3 Å². The number of hydrazone groups is 1. The van der Waals surface area contributed by atoms with Crippen molar-refractivity contribution in [2.24, 2.45) is 10.5 Å². The van der Waals surface area contributed by atoms with E-state index >= 15 is 0 Å². The highest BCUT2D eigenvalue weighted by atomic mass is 35.5. The van der Waals surface area contributed by atoms with Crippen LogP contribution in [0.5, 0.6) is 5.75 Å². The lowest BCUT2D eigenvalue weighted by Gasteiger charge is -2.53. The predicted octanol–water partition coefficient (Wildman–Crippen LogP) is 5.66. The highest BCUT2D eigenvalue weighted by Crippen LogP contribution is 2.49. The van der Waals surface area contributed by atoms with Gasteiger partial charge in [0.15, 0.2) is 0 Å². The second-order valence-corrected chi connectivity index (χ2v) is 10.4. The third kappa shape index (κ3) is 3.54. The molecule has 3 heterocycles. The van der Waals surface area contributed by atoms with Crippen LogP contribution >= 0.6 is 23.2 Å². The summed E-state index contributed by atoms with van der Waals surface area (Å²) in [5.74, 6) is 0.817. The Hall–Kier alpha value is -3.22. The molecule has 0 aliphatic carbocycles. The van der Waals surface area contributed by atoms with Crippen molar-refractivity contribution in [1.82, 2.24) is 0 Å². The van der Waals surface area contributed by atoms with Crippen LogP contribution in [0.1, 0.15) is 12.5 Å². The number of carbonyl (C=O) groups excluding carboxylic acids is 1. The maximum Gasteiger partial charge on any atom is 0.261 e. The lowest BCUT2D eigenvalue weighted by molar-refractivity contribution is -0.125. The van der Waals surface area contributed by atoms with E-state index in [0.717, 1.165) is 47.2 Å². The van der Waals surface area contributed by atoms with Gasteiger partial charge in [-0.15, -0.1) is 0 Å². The second-order valence-electron chi connectivity index (χ2n) is 9.55. The number of piperazine rings is 1. The van der Waals surface area contributed by atoms with Gasteiger partial charge >= 0.3 is 0 Å². The normalized spacial score (nSPS) is 23.0. The van der Waals surface area contributed by atoms with Crippen molar-refractivity contribution in [2.75, 3.05) is 41.6 Å². The first-order valence-electron chi connectivity index (χ1n) is 12.0. The summed E-state index contributed by atoms with van der Waals surface area (Å²) in [6.07, 6.45) is 0.579. The fourth-order valence-electron chi connectivity index (χ4n) is 5.87. The van der Waals surface area contributed by atoms with E-state index in [1.54, 1.807) is 24.3 Å². The molecule has 1 fully saturated rings. The molecule has 1 saturated heterocycles. The molecule has 3 aromatic rings. The number of benzene rings is 3. The minimum atomic E-state index is -0.786. The molecule has 8 heteroatoms. The Morgan fingerprint density at radius 1 is 0.944 bits per heavy atom. The smallest absolute Gasteiger partial charge is 0.261 e. The van der Waals surface area contributed by atoms with Crippen molar-refractivity contribution in [1.29, 1.82) is 0 Å². The molecule has 3 aromatic carbocycles. The molecule has 0 aromatic heterocycles. The summed E-state index contributed by atoms with van der Waals surface area (Å²) in [5.41, 5.74) is 4.10. The van der Waals surface area contributed by atoms with Crippen molar-refractivity contribution in [3.8, 4) is 5.75 Å². The van der Waals surface area contributed by atoms with Crippen LogP contribution in [0.3, 0.4) is 0 Å². The van der Waals surface area contributed by atoms with E-state index in [0.29, 0.717) is 23.0 Å². The zero-order valence-electron chi connectivity index (χ0n) is 20.1. The van der Waals surface area contributed by atoms with Crippen LogP contribution in [0, 0.1) is 5.41 Å². The number of methoxy groups -OCH3 is 1. The number of ether oxygens (including phenoxy) is 1. The van der Waals surface area contributed by atoms with Crippen LogP contribution in [0.15, 0.2) is 71.8 Å². The highest BCUT2D eigenvalue weighted by molar-refractivity contribution is 6.31. The van der Waals surface area contributed by atoms with Crippen molar-refractivity contribution in [3.63, 3.8) is 0 Å². The van der Waals surface area contributed by atoms with Crippen LogP contribution in [0.2, 0.25) is 10.0 Å². The summed E-state index contributed by atoms with van der Waals surface area (Å²) >= 11 is 12.5. The van der Waals surface area contributed by atoms with Crippen LogP contribution < -0.4 is 19.5 Å². The summed E-state index contributed by atoms with van der Waals surface area (Å²) < 4.78 is 5.34. The largest absolute Gasteiger partial charge is 0.497 e. The van der Waals surface area contributed by atoms with Gasteiger partial charge in [-0.25, -0.2) is 0 Å². The van der Waals surface area contributed by atoms with Crippen LogP contribution in [0.25, 0.3) is 0 Å². The molecule has 36 heavy (non-hydrogen) atoms. The quantitative estimate of drug-likeness (QED) is 0.446. The first kappa shape index (κ1) is 23.2. The third-order valence-corrected chi connectivity index (χ3v) is 8.24. The Balaban J connectivity index is 1.43. The summed E-state index contributed by atoms with van der Waals surface area (Å²) in [6, 6.07) is 21.2. The Kier molecular flexibility index (Phi) is 5.61. The fraction of sp³-hybridized carbons (Fsp3) is 0.286. The number of halogens is 2. The Morgan fingerprint density at radius 3 is 2.36 bits per heavy atom. The minimum absolute atomic E-state index is 0.00509. The number of amides is 1. The molecule has 0 radical (unpaired) electrons. The van der Waals surface area contributed by atoms with Gasteiger partial charge in [0.2, 0.25) is 0 Å². The maximum absolute atomic E-state index is 14.3. The van der Waals surface area contributed by atoms with Crippen LogP contribution in [-0.2, 0) is 11.2 Å². The molecule has 1 spiro atoms. The summed E-state index contributed by atoms with van der Waals surface area (Å²) in [4.78, 5) is 19.0. The van der Waals surface area contributed by atoms with Crippen molar-refractivity contribution in [2.45, 2.75) is 19.4 Å². The van der Waals surface area contributed by atoms with Gasteiger partial charge in [0, 0.05) is 41.1 Å². The van der Waals surface area contributed by atoms with Crippen molar-refractivity contribution in [3.05, 3.63) is 82.3 Å². The van der Waals surface area contributed by atoms with Gasteiger partial charge in [-0.1, -0.05) is 29.3 Å². The average molecular weight is 521 g/mol. The summed E-state index contributed by atoms with van der Waals surface area (Å²) in [6.45, 7) is 4.27. The Labute approximate surface area is 220 Å². The van der Waals surface area contributed by atoms with E-state index < -0.39 is 5.41 Å². The Morgan fingerprint density at radius 2 is 1.64 bits per heavy atom. The van der Waals surface area contributed by atoms with Crippen molar-refractivity contribution >= 4 is 51.9 Å². The number of carbonyl (C=O) groups is 1. The minimum Gasteiger partial charge on any atom is -0.497 e. The van der Waals surface area contributed by atoms with Crippen molar-refractivity contribution < 1.29 is 9.53 Å². The van der Waals surface area contributed by atoms with Gasteiger partial charge in [0.1, 0.15) is 11.2 Å². The first-order valence-corrected chi connectivity index (χ1v) is 12.8. The Bertz CT molecular complexity index is 1360.